The van der Waals surface area contributed by atoms with Crippen LogP contribution >= 0.6 is 0 Å². The van der Waals surface area contributed by atoms with Crippen molar-refractivity contribution in [1.29, 1.82) is 0 Å². The number of aliphatic hydroxyl groups is 2. The molecule has 1 heterocycles. The van der Waals surface area contributed by atoms with E-state index in [1.54, 1.807) is 0 Å². The Balaban J connectivity index is 2.75. The molecule has 11 heavy (non-hydrogen) atoms. The van der Waals surface area contributed by atoms with E-state index in [-0.39, 0.29) is 12.0 Å². The molecule has 1 aliphatic heterocycles. The number of hydrogen-bond acceptors (Lipinski definition) is 3. The smallest absolute Gasteiger partial charge is 0.120 e. The monoisotopic (exact) mass is 157 g/mol. The number of hydrogen-bond donors (Lipinski definition) is 2. The fourth-order valence-corrected chi connectivity index (χ4v) is 1.32. The van der Waals surface area contributed by atoms with Crippen LogP contribution in [0.15, 0.2) is 4.99 Å². The lowest BCUT2D eigenvalue weighted by molar-refractivity contribution is 0.0576. The van der Waals surface area contributed by atoms with Crippen molar-refractivity contribution in [3.63, 3.8) is 0 Å². The van der Waals surface area contributed by atoms with Gasteiger partial charge in [0.1, 0.15) is 12.2 Å². The molecule has 0 aromatic carbocycles. The molecule has 64 valence electrons. The predicted octanol–water partition coefficient (Wildman–Crippen LogP) is 0.207. The molecule has 0 amide bonds. The van der Waals surface area contributed by atoms with Gasteiger partial charge in [-0.3, -0.25) is 4.99 Å². The second-order valence-corrected chi connectivity index (χ2v) is 3.38. The van der Waals surface area contributed by atoms with Gasteiger partial charge in [0.2, 0.25) is 0 Å². The van der Waals surface area contributed by atoms with Crippen LogP contribution in [-0.4, -0.2) is 34.2 Å². The second kappa shape index (κ2) is 2.91. The molecule has 0 radical (unpaired) electrons. The van der Waals surface area contributed by atoms with E-state index >= 15 is 0 Å². The van der Waals surface area contributed by atoms with Crippen molar-refractivity contribution >= 4 is 5.71 Å². The first-order valence-electron chi connectivity index (χ1n) is 3.97. The van der Waals surface area contributed by atoms with Gasteiger partial charge in [-0.05, 0) is 12.8 Å². The van der Waals surface area contributed by atoms with Gasteiger partial charge < -0.3 is 10.2 Å². The van der Waals surface area contributed by atoms with Gasteiger partial charge in [0, 0.05) is 5.71 Å². The molecule has 0 bridgehead atoms. The third kappa shape index (κ3) is 1.44. The minimum atomic E-state index is -0.745. The van der Waals surface area contributed by atoms with Crippen molar-refractivity contribution in [3.8, 4) is 0 Å². The highest BCUT2D eigenvalue weighted by molar-refractivity contribution is 5.92. The Labute approximate surface area is 66.8 Å². The molecular weight excluding hydrogens is 142 g/mol. The van der Waals surface area contributed by atoms with Crippen LogP contribution in [0.25, 0.3) is 0 Å². The summed E-state index contributed by atoms with van der Waals surface area (Å²) in [5.74, 6) is 0.226. The maximum atomic E-state index is 9.42. The number of aliphatic imine (C=N–C) groups is 1. The summed E-state index contributed by atoms with van der Waals surface area (Å²) in [6.45, 7) is 5.74. The van der Waals surface area contributed by atoms with E-state index in [0.29, 0.717) is 0 Å². The fraction of sp³-hybridized carbons (Fsp3) is 0.875. The lowest BCUT2D eigenvalue weighted by Crippen LogP contribution is -2.34. The predicted molar refractivity (Wildman–Crippen MR) is 43.7 cm³/mol. The summed E-state index contributed by atoms with van der Waals surface area (Å²) in [5.41, 5.74) is 0.727. The van der Waals surface area contributed by atoms with E-state index in [1.807, 2.05) is 20.8 Å². The van der Waals surface area contributed by atoms with Crippen LogP contribution in [-0.2, 0) is 0 Å². The summed E-state index contributed by atoms with van der Waals surface area (Å²) in [6.07, 6.45) is -1.45. The quantitative estimate of drug-likeness (QED) is 0.571. The van der Waals surface area contributed by atoms with E-state index in [4.69, 9.17) is 0 Å². The Kier molecular flexibility index (Phi) is 2.30. The van der Waals surface area contributed by atoms with Crippen molar-refractivity contribution in [3.05, 3.63) is 0 Å². The van der Waals surface area contributed by atoms with E-state index in [9.17, 15) is 10.2 Å². The van der Waals surface area contributed by atoms with E-state index in [1.165, 1.54) is 0 Å². The van der Waals surface area contributed by atoms with Gasteiger partial charge in [0.15, 0.2) is 0 Å². The molecule has 0 spiro atoms. The molecule has 3 atom stereocenters. The number of rotatable bonds is 1. The minimum Gasteiger partial charge on any atom is -0.388 e. The van der Waals surface area contributed by atoms with Crippen LogP contribution in [0.2, 0.25) is 0 Å². The topological polar surface area (TPSA) is 52.8 Å². The van der Waals surface area contributed by atoms with Crippen LogP contribution in [0.4, 0.5) is 0 Å². The summed E-state index contributed by atoms with van der Waals surface area (Å²) in [7, 11) is 0. The Bertz CT molecular complexity index is 177. The molecule has 0 fully saturated rings. The summed E-state index contributed by atoms with van der Waals surface area (Å²) >= 11 is 0. The lowest BCUT2D eigenvalue weighted by atomic mass is 10.0. The van der Waals surface area contributed by atoms with E-state index in [0.717, 1.165) is 5.71 Å². The van der Waals surface area contributed by atoms with Crippen molar-refractivity contribution < 1.29 is 10.2 Å². The van der Waals surface area contributed by atoms with Crippen LogP contribution in [0, 0.1) is 5.92 Å². The van der Waals surface area contributed by atoms with Gasteiger partial charge in [-0.1, -0.05) is 13.8 Å². The zero-order valence-corrected chi connectivity index (χ0v) is 7.15. The highest BCUT2D eigenvalue weighted by Crippen LogP contribution is 2.18. The Morgan fingerprint density at radius 1 is 1.36 bits per heavy atom. The molecule has 3 nitrogen and oxygen atoms in total. The first kappa shape index (κ1) is 8.68. The molecule has 0 aliphatic carbocycles. The van der Waals surface area contributed by atoms with Crippen molar-refractivity contribution in [2.45, 2.75) is 39.0 Å². The molecule has 0 aromatic heterocycles. The average molecular weight is 157 g/mol. The zero-order valence-electron chi connectivity index (χ0n) is 7.15. The first-order chi connectivity index (χ1) is 5.04. The lowest BCUT2D eigenvalue weighted by Gasteiger charge is -2.13. The molecule has 1 rings (SSSR count). The van der Waals surface area contributed by atoms with E-state index < -0.39 is 12.2 Å². The largest absolute Gasteiger partial charge is 0.388 e. The van der Waals surface area contributed by atoms with Gasteiger partial charge in [-0.2, -0.15) is 0 Å². The summed E-state index contributed by atoms with van der Waals surface area (Å²) in [6, 6.07) is -0.151. The second-order valence-electron chi connectivity index (χ2n) is 3.38. The molecule has 0 aromatic rings. The average Bonchev–Trinajstić information content (AvgIpc) is 2.17. The van der Waals surface area contributed by atoms with Crippen LogP contribution < -0.4 is 0 Å². The summed E-state index contributed by atoms with van der Waals surface area (Å²) < 4.78 is 0. The highest BCUT2D eigenvalue weighted by Gasteiger charge is 2.34. The number of aliphatic hydroxyl groups excluding tert-OH is 2. The molecule has 0 saturated heterocycles. The maximum absolute atomic E-state index is 9.42. The molecule has 3 heteroatoms. The van der Waals surface area contributed by atoms with E-state index in [2.05, 4.69) is 4.99 Å². The molecular formula is C8H15NO2. The van der Waals surface area contributed by atoms with Gasteiger partial charge in [-0.15, -0.1) is 0 Å². The Morgan fingerprint density at radius 2 is 1.91 bits per heavy atom. The summed E-state index contributed by atoms with van der Waals surface area (Å²) in [5, 5.41) is 18.7. The maximum Gasteiger partial charge on any atom is 0.120 e. The highest BCUT2D eigenvalue weighted by atomic mass is 16.3. The standard InChI is InChI=1S/C8H15NO2/c1-4(2)6-8(11)7(10)5(3)9-6/h4-5,7-8,10-11H,1-3H3. The van der Waals surface area contributed by atoms with Crippen molar-refractivity contribution in [1.82, 2.24) is 0 Å². The first-order valence-corrected chi connectivity index (χ1v) is 3.97. The van der Waals surface area contributed by atoms with Crippen LogP contribution in [0.3, 0.4) is 0 Å². The van der Waals surface area contributed by atoms with Gasteiger partial charge >= 0.3 is 0 Å². The van der Waals surface area contributed by atoms with Crippen molar-refractivity contribution in [2.24, 2.45) is 10.9 Å². The molecule has 3 unspecified atom stereocenters. The fourth-order valence-electron chi connectivity index (χ4n) is 1.32. The number of nitrogens with zero attached hydrogens (tertiary/aromatic N) is 1. The normalized spacial score (nSPS) is 38.0. The van der Waals surface area contributed by atoms with Gasteiger partial charge in [0.25, 0.3) is 0 Å². The van der Waals surface area contributed by atoms with Crippen LogP contribution in [0.5, 0.6) is 0 Å². The minimum absolute atomic E-state index is 0.151. The van der Waals surface area contributed by atoms with Gasteiger partial charge in [0.05, 0.1) is 6.04 Å². The zero-order chi connectivity index (χ0) is 8.59. The molecule has 2 N–H and O–H groups in total. The third-order valence-electron chi connectivity index (χ3n) is 2.07. The third-order valence-corrected chi connectivity index (χ3v) is 2.07. The Morgan fingerprint density at radius 3 is 2.09 bits per heavy atom. The Hall–Kier alpha value is -0.410. The van der Waals surface area contributed by atoms with Gasteiger partial charge in [-0.25, -0.2) is 0 Å². The molecule has 0 saturated carbocycles. The SMILES string of the molecule is CC(C)C1=NC(C)C(O)C1O. The van der Waals surface area contributed by atoms with Crippen LogP contribution in [0.1, 0.15) is 20.8 Å². The molecule has 1 aliphatic rings. The van der Waals surface area contributed by atoms with Crippen molar-refractivity contribution in [2.75, 3.05) is 0 Å². The summed E-state index contributed by atoms with van der Waals surface area (Å²) in [4.78, 5) is 4.17.